The van der Waals surface area contributed by atoms with Crippen molar-refractivity contribution in [1.29, 1.82) is 0 Å². The van der Waals surface area contributed by atoms with E-state index in [1.165, 1.54) is 36.0 Å². The van der Waals surface area contributed by atoms with Crippen LogP contribution in [0.25, 0.3) is 0 Å². The average Bonchev–Trinajstić information content (AvgIpc) is 3.14. The zero-order chi connectivity index (χ0) is 22.4. The largest absolute Gasteiger partial charge is 0.377 e. The molecule has 0 aliphatic carbocycles. The number of halogens is 1. The lowest BCUT2D eigenvalue weighted by Gasteiger charge is -2.13. The fourth-order valence-corrected chi connectivity index (χ4v) is 3.89. The summed E-state index contributed by atoms with van der Waals surface area (Å²) in [5.74, 6) is 0.494. The Labute approximate surface area is 188 Å². The summed E-state index contributed by atoms with van der Waals surface area (Å²) in [6.07, 6.45) is 0. The molecule has 0 aliphatic rings. The molecule has 0 saturated heterocycles. The molecule has 0 fully saturated rings. The van der Waals surface area contributed by atoms with Crippen molar-refractivity contribution in [1.82, 2.24) is 14.8 Å². The summed E-state index contributed by atoms with van der Waals surface area (Å²) in [6, 6.07) is 13.1. The number of carbonyl (C=O) groups excluding carboxylic acids is 1. The average molecular weight is 461 g/mol. The van der Waals surface area contributed by atoms with Crippen molar-refractivity contribution in [3.63, 3.8) is 0 Å². The van der Waals surface area contributed by atoms with Crippen LogP contribution in [-0.2, 0) is 17.9 Å². The summed E-state index contributed by atoms with van der Waals surface area (Å²) >= 11 is 7.47. The molecule has 2 N–H and O–H groups in total. The Morgan fingerprint density at radius 1 is 1.23 bits per heavy atom. The van der Waals surface area contributed by atoms with Gasteiger partial charge in [-0.15, -0.1) is 10.2 Å². The maximum absolute atomic E-state index is 12.5. The van der Waals surface area contributed by atoms with Crippen LogP contribution in [0, 0.1) is 10.1 Å². The molecule has 2 aromatic carbocycles. The molecule has 0 bridgehead atoms. The van der Waals surface area contributed by atoms with Gasteiger partial charge in [0.2, 0.25) is 5.91 Å². The second-order valence-corrected chi connectivity index (χ2v) is 8.24. The third-order valence-electron chi connectivity index (χ3n) is 4.42. The monoisotopic (exact) mass is 460 g/mol. The topological polar surface area (TPSA) is 115 Å². The summed E-state index contributed by atoms with van der Waals surface area (Å²) in [4.78, 5) is 22.8. The molecule has 1 amide bonds. The van der Waals surface area contributed by atoms with Crippen LogP contribution in [0.15, 0.2) is 53.7 Å². The minimum Gasteiger partial charge on any atom is -0.377 e. The number of non-ortho nitro benzene ring substituents is 1. The van der Waals surface area contributed by atoms with Crippen LogP contribution in [0.1, 0.15) is 19.7 Å². The first-order chi connectivity index (χ1) is 14.9. The number of amides is 1. The third kappa shape index (κ3) is 5.74. The van der Waals surface area contributed by atoms with Crippen LogP contribution in [0.2, 0.25) is 5.02 Å². The molecule has 1 heterocycles. The predicted octanol–water partition coefficient (Wildman–Crippen LogP) is 4.59. The van der Waals surface area contributed by atoms with E-state index in [4.69, 9.17) is 11.6 Å². The summed E-state index contributed by atoms with van der Waals surface area (Å²) in [7, 11) is 0. The van der Waals surface area contributed by atoms with Gasteiger partial charge in [0.1, 0.15) is 0 Å². The summed E-state index contributed by atoms with van der Waals surface area (Å²) in [5.41, 5.74) is 1.26. The number of hydrogen-bond donors (Lipinski definition) is 2. The normalized spacial score (nSPS) is 11.7. The molecule has 0 spiro atoms. The van der Waals surface area contributed by atoms with Crippen LogP contribution in [0.3, 0.4) is 0 Å². The summed E-state index contributed by atoms with van der Waals surface area (Å²) < 4.78 is 1.93. The number of hydrogen-bond acceptors (Lipinski definition) is 7. The maximum Gasteiger partial charge on any atom is 0.269 e. The molecule has 1 atom stereocenters. The van der Waals surface area contributed by atoms with Crippen molar-refractivity contribution < 1.29 is 9.72 Å². The van der Waals surface area contributed by atoms with Crippen molar-refractivity contribution >= 4 is 46.3 Å². The van der Waals surface area contributed by atoms with Gasteiger partial charge in [0.15, 0.2) is 11.0 Å². The Balaban J connectivity index is 1.62. The van der Waals surface area contributed by atoms with Gasteiger partial charge >= 0.3 is 0 Å². The third-order valence-corrected chi connectivity index (χ3v) is 5.83. The lowest BCUT2D eigenvalue weighted by atomic mass is 10.3. The lowest BCUT2D eigenvalue weighted by Crippen LogP contribution is -2.23. The highest BCUT2D eigenvalue weighted by molar-refractivity contribution is 8.00. The van der Waals surface area contributed by atoms with Crippen LogP contribution >= 0.6 is 23.4 Å². The Hall–Kier alpha value is -3.11. The Morgan fingerprint density at radius 3 is 2.58 bits per heavy atom. The van der Waals surface area contributed by atoms with Crippen LogP contribution in [0.4, 0.5) is 17.1 Å². The fourth-order valence-electron chi connectivity index (χ4n) is 2.76. The van der Waals surface area contributed by atoms with E-state index in [2.05, 4.69) is 20.8 Å². The summed E-state index contributed by atoms with van der Waals surface area (Å²) in [6.45, 7) is 4.83. The van der Waals surface area contributed by atoms with Gasteiger partial charge in [-0.1, -0.05) is 35.5 Å². The zero-order valence-electron chi connectivity index (χ0n) is 16.9. The molecule has 9 nitrogen and oxygen atoms in total. The van der Waals surface area contributed by atoms with Gasteiger partial charge in [-0.05, 0) is 38.1 Å². The highest BCUT2D eigenvalue weighted by Crippen LogP contribution is 2.25. The van der Waals surface area contributed by atoms with Crippen LogP contribution < -0.4 is 10.6 Å². The van der Waals surface area contributed by atoms with Crippen LogP contribution in [0.5, 0.6) is 0 Å². The number of para-hydroxylation sites is 1. The molecule has 0 radical (unpaired) electrons. The van der Waals surface area contributed by atoms with Crippen molar-refractivity contribution in [2.24, 2.45) is 0 Å². The van der Waals surface area contributed by atoms with E-state index in [9.17, 15) is 14.9 Å². The molecule has 0 saturated carbocycles. The lowest BCUT2D eigenvalue weighted by molar-refractivity contribution is -0.384. The Kier molecular flexibility index (Phi) is 7.48. The molecule has 3 aromatic rings. The minimum absolute atomic E-state index is 0.0330. The Bertz CT molecular complexity index is 1070. The van der Waals surface area contributed by atoms with Gasteiger partial charge in [0, 0.05) is 24.4 Å². The molecule has 0 aliphatic heterocycles. The fraction of sp³-hybridized carbons (Fsp3) is 0.250. The predicted molar refractivity (Wildman–Crippen MR) is 122 cm³/mol. The molecule has 1 unspecified atom stereocenters. The van der Waals surface area contributed by atoms with Gasteiger partial charge in [-0.2, -0.15) is 0 Å². The highest BCUT2D eigenvalue weighted by Gasteiger charge is 2.20. The van der Waals surface area contributed by atoms with Gasteiger partial charge < -0.3 is 15.2 Å². The van der Waals surface area contributed by atoms with E-state index in [0.29, 0.717) is 29.0 Å². The minimum atomic E-state index is -0.486. The molecule has 11 heteroatoms. The zero-order valence-corrected chi connectivity index (χ0v) is 18.5. The van der Waals surface area contributed by atoms with Gasteiger partial charge in [0.05, 0.1) is 27.4 Å². The number of benzene rings is 2. The van der Waals surface area contributed by atoms with E-state index >= 15 is 0 Å². The molecule has 3 rings (SSSR count). The van der Waals surface area contributed by atoms with E-state index in [0.717, 1.165) is 11.5 Å². The van der Waals surface area contributed by atoms with E-state index in [-0.39, 0.29) is 11.6 Å². The molecular weight excluding hydrogens is 440 g/mol. The van der Waals surface area contributed by atoms with Gasteiger partial charge in [-0.25, -0.2) is 0 Å². The first-order valence-corrected chi connectivity index (χ1v) is 10.8. The standard InChI is InChI=1S/C20H21ClN6O3S/c1-3-26-18(12-22-17-7-5-4-6-16(17)21)24-25-20(26)31-13(2)19(28)23-14-8-10-15(11-9-14)27(29)30/h4-11,13,22H,3,12H2,1-2H3,(H,23,28). The van der Waals surface area contributed by atoms with Crippen molar-refractivity contribution in [3.8, 4) is 0 Å². The number of carbonyl (C=O) groups is 1. The SMILES string of the molecule is CCn1c(CNc2ccccc2Cl)nnc1SC(C)C(=O)Nc1ccc([N+](=O)[O-])cc1. The van der Waals surface area contributed by atoms with Gasteiger partial charge in [-0.3, -0.25) is 14.9 Å². The van der Waals surface area contributed by atoms with E-state index in [1.54, 1.807) is 13.0 Å². The number of nitro benzene ring substituents is 1. The summed E-state index contributed by atoms with van der Waals surface area (Å²) in [5, 5.41) is 26.0. The van der Waals surface area contributed by atoms with Crippen molar-refractivity contribution in [2.75, 3.05) is 10.6 Å². The number of rotatable bonds is 9. The molecule has 1 aromatic heterocycles. The van der Waals surface area contributed by atoms with E-state index in [1.807, 2.05) is 29.7 Å². The second kappa shape index (κ2) is 10.3. The molecule has 162 valence electrons. The number of nitrogens with one attached hydrogen (secondary N) is 2. The van der Waals surface area contributed by atoms with Gasteiger partial charge in [0.25, 0.3) is 5.69 Å². The second-order valence-electron chi connectivity index (χ2n) is 6.53. The maximum atomic E-state index is 12.5. The number of nitro groups is 1. The van der Waals surface area contributed by atoms with E-state index < -0.39 is 10.2 Å². The van der Waals surface area contributed by atoms with Crippen molar-refractivity contribution in [2.45, 2.75) is 37.3 Å². The number of nitrogens with zero attached hydrogens (tertiary/aromatic N) is 4. The first kappa shape index (κ1) is 22.6. The highest BCUT2D eigenvalue weighted by atomic mass is 35.5. The molecular formula is C20H21ClN6O3S. The van der Waals surface area contributed by atoms with Crippen molar-refractivity contribution in [3.05, 3.63) is 69.5 Å². The van der Waals surface area contributed by atoms with Crippen LogP contribution in [-0.4, -0.2) is 30.8 Å². The molecule has 31 heavy (non-hydrogen) atoms. The number of aromatic nitrogens is 3. The Morgan fingerprint density at radius 2 is 1.94 bits per heavy atom. The first-order valence-electron chi connectivity index (χ1n) is 9.51. The number of thioether (sulfide) groups is 1. The quantitative estimate of drug-likeness (QED) is 0.272. The smallest absolute Gasteiger partial charge is 0.269 e. The number of anilines is 2.